The van der Waals surface area contributed by atoms with Gasteiger partial charge in [-0.15, -0.1) is 0 Å². The van der Waals surface area contributed by atoms with Crippen LogP contribution in [-0.4, -0.2) is 47.3 Å². The van der Waals surface area contributed by atoms with Gasteiger partial charge in [-0.1, -0.05) is 20.8 Å². The molecule has 5 nitrogen and oxygen atoms in total. The molecular formula is C20H33N3O2. The van der Waals surface area contributed by atoms with E-state index < -0.39 is 0 Å². The van der Waals surface area contributed by atoms with Crippen LogP contribution in [0.3, 0.4) is 0 Å². The van der Waals surface area contributed by atoms with Gasteiger partial charge in [-0.2, -0.15) is 0 Å². The van der Waals surface area contributed by atoms with Gasteiger partial charge in [0.1, 0.15) is 0 Å². The predicted molar refractivity (Wildman–Crippen MR) is 99.9 cm³/mol. The van der Waals surface area contributed by atoms with Crippen LogP contribution in [0.25, 0.3) is 0 Å². The standard InChI is InChI=1S/C20H33N3O2/c1-20(2,3)18-12-19(24)23(15-21-18)14-16-4-8-22(9-5-16)13-17-6-10-25-11-7-17/h12,15-17H,4-11,13-14H2,1-3H3. The molecule has 0 N–H and O–H groups in total. The zero-order chi connectivity index (χ0) is 17.9. The molecule has 3 rings (SSSR count). The molecule has 2 aliphatic heterocycles. The molecule has 140 valence electrons. The second-order valence-electron chi connectivity index (χ2n) is 8.81. The molecule has 0 atom stereocenters. The van der Waals surface area contributed by atoms with E-state index >= 15 is 0 Å². The Balaban J connectivity index is 1.49. The van der Waals surface area contributed by atoms with Crippen molar-refractivity contribution >= 4 is 0 Å². The summed E-state index contributed by atoms with van der Waals surface area (Å²) in [7, 11) is 0. The van der Waals surface area contributed by atoms with E-state index in [9.17, 15) is 4.79 Å². The molecule has 1 aromatic rings. The van der Waals surface area contributed by atoms with E-state index in [0.717, 1.165) is 44.5 Å². The van der Waals surface area contributed by atoms with Crippen molar-refractivity contribution in [2.75, 3.05) is 32.8 Å². The zero-order valence-electron chi connectivity index (χ0n) is 16.0. The summed E-state index contributed by atoms with van der Waals surface area (Å²) in [6, 6.07) is 1.71. The van der Waals surface area contributed by atoms with Crippen LogP contribution >= 0.6 is 0 Å². The fraction of sp³-hybridized carbons (Fsp3) is 0.800. The smallest absolute Gasteiger partial charge is 0.253 e. The molecule has 0 saturated carbocycles. The van der Waals surface area contributed by atoms with Crippen molar-refractivity contribution < 1.29 is 4.74 Å². The van der Waals surface area contributed by atoms with Gasteiger partial charge in [-0.3, -0.25) is 9.36 Å². The SMILES string of the molecule is CC(C)(C)c1cc(=O)n(CC2CCN(CC3CCOCC3)CC2)cn1. The molecule has 1 aromatic heterocycles. The van der Waals surface area contributed by atoms with Crippen molar-refractivity contribution in [3.05, 3.63) is 28.4 Å². The first kappa shape index (κ1) is 18.6. The van der Waals surface area contributed by atoms with Gasteiger partial charge in [0.25, 0.3) is 5.56 Å². The minimum absolute atomic E-state index is 0.0756. The number of rotatable bonds is 4. The number of likely N-dealkylation sites (tertiary alicyclic amines) is 1. The molecule has 2 fully saturated rings. The Hall–Kier alpha value is -1.20. The molecule has 0 amide bonds. The van der Waals surface area contributed by atoms with Crippen LogP contribution in [0, 0.1) is 11.8 Å². The van der Waals surface area contributed by atoms with Crippen LogP contribution in [0.2, 0.25) is 0 Å². The minimum atomic E-state index is -0.0756. The fourth-order valence-electron chi connectivity index (χ4n) is 3.90. The van der Waals surface area contributed by atoms with Gasteiger partial charge in [0.2, 0.25) is 0 Å². The number of nitrogens with zero attached hydrogens (tertiary/aromatic N) is 3. The Kier molecular flexibility index (Phi) is 5.95. The third-order valence-electron chi connectivity index (χ3n) is 5.67. The average Bonchev–Trinajstić information content (AvgIpc) is 2.58. The lowest BCUT2D eigenvalue weighted by molar-refractivity contribution is 0.0461. The monoisotopic (exact) mass is 347 g/mol. The lowest BCUT2D eigenvalue weighted by atomic mass is 9.92. The normalized spacial score (nSPS) is 21.6. The minimum Gasteiger partial charge on any atom is -0.381 e. The molecule has 0 aromatic carbocycles. The first-order valence-electron chi connectivity index (χ1n) is 9.79. The third-order valence-corrected chi connectivity index (χ3v) is 5.67. The second kappa shape index (κ2) is 8.00. The number of hydrogen-bond donors (Lipinski definition) is 0. The van der Waals surface area contributed by atoms with Gasteiger partial charge >= 0.3 is 0 Å². The highest BCUT2D eigenvalue weighted by Gasteiger charge is 2.24. The lowest BCUT2D eigenvalue weighted by Crippen LogP contribution is -2.40. The maximum absolute atomic E-state index is 12.4. The van der Waals surface area contributed by atoms with E-state index in [1.54, 1.807) is 17.0 Å². The van der Waals surface area contributed by atoms with Crippen molar-refractivity contribution in [3.8, 4) is 0 Å². The molecule has 2 aliphatic rings. The van der Waals surface area contributed by atoms with Crippen LogP contribution in [0.5, 0.6) is 0 Å². The predicted octanol–water partition coefficient (Wildman–Crippen LogP) is 2.68. The van der Waals surface area contributed by atoms with Crippen LogP contribution in [0.4, 0.5) is 0 Å². The summed E-state index contributed by atoms with van der Waals surface area (Å²) in [6.45, 7) is 12.5. The van der Waals surface area contributed by atoms with Gasteiger partial charge in [-0.25, -0.2) is 4.98 Å². The lowest BCUT2D eigenvalue weighted by Gasteiger charge is -2.35. The molecule has 0 radical (unpaired) electrons. The van der Waals surface area contributed by atoms with Gasteiger partial charge in [-0.05, 0) is 50.6 Å². The summed E-state index contributed by atoms with van der Waals surface area (Å²) in [5, 5.41) is 0. The third kappa shape index (κ3) is 5.14. The Bertz CT molecular complexity index is 606. The van der Waals surface area contributed by atoms with Crippen molar-refractivity contribution in [1.82, 2.24) is 14.5 Å². The van der Waals surface area contributed by atoms with Gasteiger partial charge in [0.15, 0.2) is 0 Å². The Labute approximate surface area is 151 Å². The molecule has 0 spiro atoms. The van der Waals surface area contributed by atoms with Crippen molar-refractivity contribution in [1.29, 1.82) is 0 Å². The average molecular weight is 348 g/mol. The van der Waals surface area contributed by atoms with Crippen molar-refractivity contribution in [2.45, 2.75) is 58.4 Å². The molecule has 0 aliphatic carbocycles. The summed E-state index contributed by atoms with van der Waals surface area (Å²) in [4.78, 5) is 19.5. The first-order chi connectivity index (χ1) is 11.9. The van der Waals surface area contributed by atoms with E-state index in [2.05, 4.69) is 30.7 Å². The molecule has 0 bridgehead atoms. The summed E-state index contributed by atoms with van der Waals surface area (Å²) in [6.07, 6.45) is 6.52. The largest absolute Gasteiger partial charge is 0.381 e. The summed E-state index contributed by atoms with van der Waals surface area (Å²) in [5.74, 6) is 1.40. The molecule has 0 unspecified atom stereocenters. The maximum atomic E-state index is 12.4. The molecule has 25 heavy (non-hydrogen) atoms. The highest BCUT2D eigenvalue weighted by Crippen LogP contribution is 2.23. The van der Waals surface area contributed by atoms with Crippen LogP contribution in [0.1, 0.15) is 52.1 Å². The van der Waals surface area contributed by atoms with E-state index in [1.807, 2.05) is 0 Å². The number of ether oxygens (including phenoxy) is 1. The second-order valence-corrected chi connectivity index (χ2v) is 8.81. The van der Waals surface area contributed by atoms with E-state index in [4.69, 9.17) is 4.74 Å². The first-order valence-corrected chi connectivity index (χ1v) is 9.79. The quantitative estimate of drug-likeness (QED) is 0.840. The summed E-state index contributed by atoms with van der Waals surface area (Å²) >= 11 is 0. The van der Waals surface area contributed by atoms with Crippen molar-refractivity contribution in [3.63, 3.8) is 0 Å². The van der Waals surface area contributed by atoms with Gasteiger partial charge < -0.3 is 9.64 Å². The number of hydrogen-bond acceptors (Lipinski definition) is 4. The molecule has 2 saturated heterocycles. The Morgan fingerprint density at radius 2 is 1.72 bits per heavy atom. The fourth-order valence-corrected chi connectivity index (χ4v) is 3.90. The zero-order valence-corrected chi connectivity index (χ0v) is 16.0. The highest BCUT2D eigenvalue weighted by atomic mass is 16.5. The van der Waals surface area contributed by atoms with Gasteiger partial charge in [0.05, 0.1) is 12.0 Å². The summed E-state index contributed by atoms with van der Waals surface area (Å²) < 4.78 is 7.26. The topological polar surface area (TPSA) is 47.4 Å². The van der Waals surface area contributed by atoms with Crippen LogP contribution < -0.4 is 5.56 Å². The molecule has 5 heteroatoms. The van der Waals surface area contributed by atoms with E-state index in [0.29, 0.717) is 5.92 Å². The van der Waals surface area contributed by atoms with Crippen molar-refractivity contribution in [2.24, 2.45) is 11.8 Å². The summed E-state index contributed by atoms with van der Waals surface area (Å²) in [5.41, 5.74) is 0.887. The number of piperidine rings is 1. The van der Waals surface area contributed by atoms with Crippen LogP contribution in [0.15, 0.2) is 17.2 Å². The van der Waals surface area contributed by atoms with E-state index in [1.165, 1.54) is 32.2 Å². The highest BCUT2D eigenvalue weighted by molar-refractivity contribution is 5.10. The molecule has 3 heterocycles. The molecular weight excluding hydrogens is 314 g/mol. The van der Waals surface area contributed by atoms with Crippen LogP contribution in [-0.2, 0) is 16.7 Å². The Morgan fingerprint density at radius 3 is 2.32 bits per heavy atom. The van der Waals surface area contributed by atoms with Gasteiger partial charge in [0, 0.05) is 37.8 Å². The maximum Gasteiger partial charge on any atom is 0.253 e. The van der Waals surface area contributed by atoms with E-state index in [-0.39, 0.29) is 11.0 Å². The number of aromatic nitrogens is 2. The Morgan fingerprint density at radius 1 is 1.08 bits per heavy atom.